The lowest BCUT2D eigenvalue weighted by molar-refractivity contribution is -0.135. The van der Waals surface area contributed by atoms with E-state index in [1.54, 1.807) is 4.90 Å². The van der Waals surface area contributed by atoms with E-state index in [2.05, 4.69) is 10.3 Å². The molecule has 0 aliphatic carbocycles. The normalized spacial score (nSPS) is 17.9. The van der Waals surface area contributed by atoms with Crippen LogP contribution in [0.15, 0.2) is 30.6 Å². The molecule has 0 bridgehead atoms. The van der Waals surface area contributed by atoms with Gasteiger partial charge < -0.3 is 20.4 Å². The van der Waals surface area contributed by atoms with E-state index >= 15 is 0 Å². The van der Waals surface area contributed by atoms with Gasteiger partial charge in [-0.05, 0) is 25.0 Å². The van der Waals surface area contributed by atoms with Gasteiger partial charge in [0.25, 0.3) is 0 Å². The third-order valence-corrected chi connectivity index (χ3v) is 4.33. The zero-order chi connectivity index (χ0) is 16.9. The van der Waals surface area contributed by atoms with Crippen LogP contribution in [0.25, 0.3) is 5.65 Å². The average molecular weight is 329 g/mol. The molecule has 7 nitrogen and oxygen atoms in total. The van der Waals surface area contributed by atoms with Gasteiger partial charge in [0.1, 0.15) is 5.65 Å². The Bertz CT molecular complexity index is 694. The Hall–Kier alpha value is -2.41. The summed E-state index contributed by atoms with van der Waals surface area (Å²) in [5.74, 6) is -0.129. The van der Waals surface area contributed by atoms with E-state index in [1.807, 2.05) is 35.0 Å². The molecule has 0 saturated carbocycles. The highest BCUT2D eigenvalue weighted by Gasteiger charge is 2.28. The van der Waals surface area contributed by atoms with E-state index in [1.165, 1.54) is 0 Å². The summed E-state index contributed by atoms with van der Waals surface area (Å²) in [4.78, 5) is 30.9. The van der Waals surface area contributed by atoms with Crippen LogP contribution in [0.4, 0.5) is 0 Å². The Morgan fingerprint density at radius 2 is 2.25 bits per heavy atom. The Kier molecular flexibility index (Phi) is 5.10. The molecule has 0 spiro atoms. The minimum absolute atomic E-state index is 0.00863. The summed E-state index contributed by atoms with van der Waals surface area (Å²) in [5, 5.41) is 2.81. The van der Waals surface area contributed by atoms with Gasteiger partial charge in [0.15, 0.2) is 0 Å². The fraction of sp³-hybridized carbons (Fsp3) is 0.471. The van der Waals surface area contributed by atoms with Crippen LogP contribution in [0, 0.1) is 5.92 Å². The van der Waals surface area contributed by atoms with Crippen LogP contribution in [-0.4, -0.2) is 52.3 Å². The number of carbonyl (C=O) groups is 2. The maximum Gasteiger partial charge on any atom is 0.228 e. The van der Waals surface area contributed by atoms with Crippen LogP contribution in [0.5, 0.6) is 0 Å². The van der Waals surface area contributed by atoms with Gasteiger partial charge in [-0.15, -0.1) is 0 Å². The number of carbonyl (C=O) groups excluding carboxylic acids is 2. The zero-order valence-electron chi connectivity index (χ0n) is 13.6. The Balaban J connectivity index is 1.60. The van der Waals surface area contributed by atoms with E-state index in [4.69, 9.17) is 5.73 Å². The van der Waals surface area contributed by atoms with Crippen molar-refractivity contribution in [2.45, 2.75) is 19.3 Å². The quantitative estimate of drug-likeness (QED) is 0.819. The number of aromatic nitrogens is 2. The third-order valence-electron chi connectivity index (χ3n) is 4.33. The Morgan fingerprint density at radius 1 is 1.38 bits per heavy atom. The fourth-order valence-corrected chi connectivity index (χ4v) is 3.10. The number of rotatable bonds is 5. The highest BCUT2D eigenvalue weighted by molar-refractivity contribution is 5.82. The van der Waals surface area contributed by atoms with Crippen LogP contribution >= 0.6 is 0 Å². The summed E-state index contributed by atoms with van der Waals surface area (Å²) in [7, 11) is 0. The van der Waals surface area contributed by atoms with Gasteiger partial charge in [-0.1, -0.05) is 6.07 Å². The van der Waals surface area contributed by atoms with Crippen LogP contribution in [0.3, 0.4) is 0 Å². The number of amides is 2. The van der Waals surface area contributed by atoms with E-state index in [9.17, 15) is 9.59 Å². The first-order valence-corrected chi connectivity index (χ1v) is 8.35. The maximum atomic E-state index is 12.6. The molecule has 7 heteroatoms. The number of pyridine rings is 1. The first-order valence-electron chi connectivity index (χ1n) is 8.35. The first kappa shape index (κ1) is 16.4. The molecule has 1 atom stereocenters. The van der Waals surface area contributed by atoms with Gasteiger partial charge in [-0.25, -0.2) is 4.98 Å². The van der Waals surface area contributed by atoms with Crippen molar-refractivity contribution in [2.75, 3.05) is 26.2 Å². The highest BCUT2D eigenvalue weighted by Crippen LogP contribution is 2.18. The number of hydrogen-bond donors (Lipinski definition) is 2. The van der Waals surface area contributed by atoms with Crippen molar-refractivity contribution in [2.24, 2.45) is 11.7 Å². The van der Waals surface area contributed by atoms with Crippen molar-refractivity contribution in [3.8, 4) is 0 Å². The van der Waals surface area contributed by atoms with Crippen molar-refractivity contribution < 1.29 is 9.59 Å². The van der Waals surface area contributed by atoms with Crippen molar-refractivity contribution >= 4 is 17.5 Å². The van der Waals surface area contributed by atoms with Crippen molar-refractivity contribution in [3.05, 3.63) is 36.3 Å². The minimum Gasteiger partial charge on any atom is -0.355 e. The molecule has 3 heterocycles. The van der Waals surface area contributed by atoms with Gasteiger partial charge in [-0.3, -0.25) is 9.59 Å². The second-order valence-corrected chi connectivity index (χ2v) is 6.13. The lowest BCUT2D eigenvalue weighted by Gasteiger charge is -2.32. The molecule has 2 aromatic rings. The molecule has 0 aromatic carbocycles. The molecule has 2 amide bonds. The second kappa shape index (κ2) is 7.44. The van der Waals surface area contributed by atoms with Crippen LogP contribution < -0.4 is 11.1 Å². The second-order valence-electron chi connectivity index (χ2n) is 6.13. The number of likely N-dealkylation sites (tertiary alicyclic amines) is 1. The fourth-order valence-electron chi connectivity index (χ4n) is 3.10. The molecule has 1 saturated heterocycles. The van der Waals surface area contributed by atoms with Gasteiger partial charge in [-0.2, -0.15) is 0 Å². The molecule has 1 fully saturated rings. The molecule has 3 N–H and O–H groups in total. The molecule has 0 radical (unpaired) electrons. The zero-order valence-corrected chi connectivity index (χ0v) is 13.6. The monoisotopic (exact) mass is 329 g/mol. The average Bonchev–Trinajstić information content (AvgIpc) is 3.02. The molecule has 1 unspecified atom stereocenters. The van der Waals surface area contributed by atoms with Crippen molar-refractivity contribution in [3.63, 3.8) is 0 Å². The summed E-state index contributed by atoms with van der Waals surface area (Å²) in [5.41, 5.74) is 6.99. The lowest BCUT2D eigenvalue weighted by Crippen LogP contribution is -2.46. The molecular formula is C17H23N5O2. The summed E-state index contributed by atoms with van der Waals surface area (Å²) < 4.78 is 1.90. The number of nitrogens with two attached hydrogens (primary N) is 1. The highest BCUT2D eigenvalue weighted by atomic mass is 16.2. The largest absolute Gasteiger partial charge is 0.355 e. The van der Waals surface area contributed by atoms with Crippen LogP contribution in [0.2, 0.25) is 0 Å². The summed E-state index contributed by atoms with van der Waals surface area (Å²) in [6.07, 6.45) is 5.71. The molecule has 1 aliphatic heterocycles. The predicted molar refractivity (Wildman–Crippen MR) is 90.3 cm³/mol. The minimum atomic E-state index is -0.143. The standard InChI is InChI=1S/C17H23N5O2/c18-6-7-19-17(24)13-4-3-9-22(11-13)16(23)10-14-12-21-8-2-1-5-15(21)20-14/h1-2,5,8,12-13H,3-4,6-7,9-11,18H2,(H,19,24). The number of piperidine rings is 1. The van der Waals surface area contributed by atoms with Crippen LogP contribution in [-0.2, 0) is 16.0 Å². The Labute approximate surface area is 140 Å². The molecule has 2 aromatic heterocycles. The number of imidazole rings is 1. The van der Waals surface area contributed by atoms with E-state index in [0.717, 1.165) is 24.2 Å². The molecule has 128 valence electrons. The van der Waals surface area contributed by atoms with Crippen molar-refractivity contribution in [1.29, 1.82) is 0 Å². The summed E-state index contributed by atoms with van der Waals surface area (Å²) in [6.45, 7) is 2.08. The smallest absolute Gasteiger partial charge is 0.228 e. The molecule has 24 heavy (non-hydrogen) atoms. The number of hydrogen-bond acceptors (Lipinski definition) is 4. The van der Waals surface area contributed by atoms with Gasteiger partial charge in [0.05, 0.1) is 18.0 Å². The lowest BCUT2D eigenvalue weighted by atomic mass is 9.96. The van der Waals surface area contributed by atoms with Gasteiger partial charge in [0.2, 0.25) is 11.8 Å². The van der Waals surface area contributed by atoms with E-state index in [-0.39, 0.29) is 24.2 Å². The summed E-state index contributed by atoms with van der Waals surface area (Å²) >= 11 is 0. The summed E-state index contributed by atoms with van der Waals surface area (Å²) in [6, 6.07) is 5.76. The SMILES string of the molecule is NCCNC(=O)C1CCCN(C(=O)Cc2cn3ccccc3n2)C1. The number of nitrogens with zero attached hydrogens (tertiary/aromatic N) is 3. The van der Waals surface area contributed by atoms with Gasteiger partial charge in [0, 0.05) is 38.6 Å². The first-order chi connectivity index (χ1) is 11.7. The number of fused-ring (bicyclic) bond motifs is 1. The Morgan fingerprint density at radius 3 is 3.04 bits per heavy atom. The third kappa shape index (κ3) is 3.73. The predicted octanol–water partition coefficient (Wildman–Crippen LogP) is 0.190. The van der Waals surface area contributed by atoms with E-state index in [0.29, 0.717) is 26.2 Å². The maximum absolute atomic E-state index is 12.6. The van der Waals surface area contributed by atoms with Crippen molar-refractivity contribution in [1.82, 2.24) is 19.6 Å². The van der Waals surface area contributed by atoms with Crippen LogP contribution in [0.1, 0.15) is 18.5 Å². The van der Waals surface area contributed by atoms with E-state index < -0.39 is 0 Å². The molecule has 1 aliphatic rings. The number of nitrogens with one attached hydrogen (secondary N) is 1. The molecule has 3 rings (SSSR count). The molecular weight excluding hydrogens is 306 g/mol. The van der Waals surface area contributed by atoms with Gasteiger partial charge >= 0.3 is 0 Å². The topological polar surface area (TPSA) is 92.7 Å².